The Balaban J connectivity index is 1.57. The van der Waals surface area contributed by atoms with Crippen molar-refractivity contribution >= 4 is 28.2 Å². The monoisotopic (exact) mass is 501 g/mol. The molecule has 6 rings (SSSR count). The molecule has 1 saturated heterocycles. The summed E-state index contributed by atoms with van der Waals surface area (Å²) < 4.78 is 14.7. The molecule has 5 heterocycles. The van der Waals surface area contributed by atoms with Crippen molar-refractivity contribution in [2.24, 2.45) is 0 Å². The molecule has 1 aliphatic heterocycles. The summed E-state index contributed by atoms with van der Waals surface area (Å²) in [5.41, 5.74) is 1.67. The molecule has 0 amide bonds. The predicted molar refractivity (Wildman–Crippen MR) is 130 cm³/mol. The Morgan fingerprint density at radius 1 is 1.22 bits per heavy atom. The third kappa shape index (κ3) is 3.56. The van der Waals surface area contributed by atoms with Gasteiger partial charge < -0.3 is 9.26 Å². The Labute approximate surface area is 209 Å². The predicted octanol–water partition coefficient (Wildman–Crippen LogP) is 4.30. The SMILES string of the molecule is CC1(C)CCC(c2noc(-c3ncn4c3c(=O)n(Cc3ccccn3)c3c(C#N)c(Cl)ccc34)n2)O1. The van der Waals surface area contributed by atoms with E-state index >= 15 is 0 Å². The van der Waals surface area contributed by atoms with Crippen LogP contribution in [0.2, 0.25) is 5.02 Å². The molecule has 0 aliphatic carbocycles. The lowest BCUT2D eigenvalue weighted by atomic mass is 10.1. The molecule has 1 aromatic carbocycles. The molecule has 0 saturated carbocycles. The second-order valence-corrected chi connectivity index (χ2v) is 9.70. The molecule has 1 aliphatic rings. The number of nitriles is 1. The maximum Gasteiger partial charge on any atom is 0.279 e. The zero-order chi connectivity index (χ0) is 25.0. The maximum absolute atomic E-state index is 13.9. The molecule has 11 heteroatoms. The van der Waals surface area contributed by atoms with E-state index in [4.69, 9.17) is 20.9 Å². The van der Waals surface area contributed by atoms with E-state index in [1.54, 1.807) is 28.8 Å². The van der Waals surface area contributed by atoms with Crippen LogP contribution in [0.25, 0.3) is 28.1 Å². The molecule has 0 spiro atoms. The van der Waals surface area contributed by atoms with E-state index < -0.39 is 5.56 Å². The van der Waals surface area contributed by atoms with Gasteiger partial charge in [-0.3, -0.25) is 18.7 Å². The molecule has 10 nitrogen and oxygen atoms in total. The zero-order valence-corrected chi connectivity index (χ0v) is 20.2. The fraction of sp³-hybridized carbons (Fsp3) is 0.280. The fourth-order valence-corrected chi connectivity index (χ4v) is 4.88. The highest BCUT2D eigenvalue weighted by atomic mass is 35.5. The van der Waals surface area contributed by atoms with Gasteiger partial charge >= 0.3 is 0 Å². The molecule has 0 radical (unpaired) electrons. The summed E-state index contributed by atoms with van der Waals surface area (Å²) in [5, 5.41) is 14.2. The van der Waals surface area contributed by atoms with Crippen LogP contribution in [0.1, 0.15) is 49.9 Å². The van der Waals surface area contributed by atoms with Gasteiger partial charge in [-0.1, -0.05) is 22.8 Å². The van der Waals surface area contributed by atoms with Gasteiger partial charge in [0.2, 0.25) is 5.82 Å². The Bertz CT molecular complexity index is 1730. The van der Waals surface area contributed by atoms with Crippen LogP contribution in [-0.2, 0) is 11.3 Å². The largest absolute Gasteiger partial charge is 0.364 e. The van der Waals surface area contributed by atoms with Gasteiger partial charge in [0.25, 0.3) is 11.4 Å². The number of aromatic nitrogens is 6. The summed E-state index contributed by atoms with van der Waals surface area (Å²) in [6.45, 7) is 4.17. The van der Waals surface area contributed by atoms with Gasteiger partial charge in [-0.15, -0.1) is 0 Å². The van der Waals surface area contributed by atoms with Crippen LogP contribution < -0.4 is 5.56 Å². The molecular formula is C25H20ClN7O3. The van der Waals surface area contributed by atoms with Gasteiger partial charge in [-0.2, -0.15) is 10.2 Å². The highest BCUT2D eigenvalue weighted by Gasteiger charge is 2.35. The van der Waals surface area contributed by atoms with Crippen molar-refractivity contribution in [1.82, 2.24) is 29.1 Å². The van der Waals surface area contributed by atoms with Gasteiger partial charge in [-0.25, -0.2) is 4.98 Å². The number of fused-ring (bicyclic) bond motifs is 3. The lowest BCUT2D eigenvalue weighted by Gasteiger charge is -2.17. The highest BCUT2D eigenvalue weighted by Crippen LogP contribution is 2.38. The minimum Gasteiger partial charge on any atom is -0.364 e. The number of nitrogens with zero attached hydrogens (tertiary/aromatic N) is 7. The minimum absolute atomic E-state index is 0.121. The first-order valence-electron chi connectivity index (χ1n) is 11.4. The molecule has 180 valence electrons. The summed E-state index contributed by atoms with van der Waals surface area (Å²) in [6.07, 6.45) is 4.52. The normalized spacial score (nSPS) is 17.1. The Kier molecular flexibility index (Phi) is 5.14. The molecule has 1 atom stereocenters. The fourth-order valence-electron chi connectivity index (χ4n) is 4.68. The van der Waals surface area contributed by atoms with Gasteiger partial charge in [0.1, 0.15) is 24.0 Å². The Hall–Kier alpha value is -4.07. The van der Waals surface area contributed by atoms with Crippen molar-refractivity contribution < 1.29 is 9.26 Å². The molecule has 0 N–H and O–H groups in total. The lowest BCUT2D eigenvalue weighted by molar-refractivity contribution is -0.0207. The first-order valence-corrected chi connectivity index (χ1v) is 11.8. The van der Waals surface area contributed by atoms with E-state index in [0.717, 1.165) is 12.8 Å². The molecular weight excluding hydrogens is 482 g/mol. The van der Waals surface area contributed by atoms with E-state index in [1.807, 2.05) is 26.0 Å². The van der Waals surface area contributed by atoms with Gasteiger partial charge in [-0.05, 0) is 51.0 Å². The maximum atomic E-state index is 13.9. The molecule has 4 aromatic heterocycles. The molecule has 0 bridgehead atoms. The molecule has 36 heavy (non-hydrogen) atoms. The number of rotatable bonds is 4. The van der Waals surface area contributed by atoms with Crippen molar-refractivity contribution in [3.8, 4) is 17.7 Å². The van der Waals surface area contributed by atoms with Gasteiger partial charge in [0.05, 0.1) is 39.5 Å². The quantitative estimate of drug-likeness (QED) is 0.357. The number of imidazole rings is 1. The van der Waals surface area contributed by atoms with Crippen LogP contribution in [0.5, 0.6) is 0 Å². The van der Waals surface area contributed by atoms with E-state index in [1.165, 1.54) is 10.9 Å². The van der Waals surface area contributed by atoms with Gasteiger partial charge in [0.15, 0.2) is 5.69 Å². The van der Waals surface area contributed by atoms with Crippen LogP contribution in [0.15, 0.2) is 52.2 Å². The Morgan fingerprint density at radius 2 is 2.08 bits per heavy atom. The van der Waals surface area contributed by atoms with Crippen molar-refractivity contribution in [2.75, 3.05) is 0 Å². The van der Waals surface area contributed by atoms with Crippen LogP contribution in [-0.4, -0.2) is 34.7 Å². The smallest absolute Gasteiger partial charge is 0.279 e. The average Bonchev–Trinajstić information content (AvgIpc) is 3.60. The number of hydrogen-bond donors (Lipinski definition) is 0. The number of pyridine rings is 1. The van der Waals surface area contributed by atoms with Crippen LogP contribution in [0.4, 0.5) is 0 Å². The summed E-state index contributed by atoms with van der Waals surface area (Å²) in [6, 6.07) is 11.0. The first kappa shape index (κ1) is 22.4. The summed E-state index contributed by atoms with van der Waals surface area (Å²) in [7, 11) is 0. The number of ether oxygens (including phenoxy) is 1. The third-order valence-electron chi connectivity index (χ3n) is 6.41. The standard InChI is InChI=1S/C25H20ClN7O3/c1-25(2)9-8-18(35-25)22-30-23(36-31-22)19-21-24(34)32(12-14-5-3-4-10-28-14)20-15(11-27)16(26)6-7-17(20)33(21)13-29-19/h3-7,10,13,18H,8-9,12H2,1-2H3. The highest BCUT2D eigenvalue weighted by molar-refractivity contribution is 6.32. The van der Waals surface area contributed by atoms with Crippen molar-refractivity contribution in [2.45, 2.75) is 44.9 Å². The topological polar surface area (TPSA) is 124 Å². The average molecular weight is 502 g/mol. The van der Waals surface area contributed by atoms with Gasteiger partial charge in [0, 0.05) is 6.20 Å². The van der Waals surface area contributed by atoms with Crippen LogP contribution in [0, 0.1) is 11.3 Å². The summed E-state index contributed by atoms with van der Waals surface area (Å²) >= 11 is 6.34. The summed E-state index contributed by atoms with van der Waals surface area (Å²) in [4.78, 5) is 27.3. The molecule has 5 aromatic rings. The van der Waals surface area contributed by atoms with Crippen LogP contribution >= 0.6 is 11.6 Å². The van der Waals surface area contributed by atoms with Crippen molar-refractivity contribution in [3.05, 3.63) is 75.3 Å². The van der Waals surface area contributed by atoms with E-state index in [2.05, 4.69) is 26.2 Å². The summed E-state index contributed by atoms with van der Waals surface area (Å²) in [5.74, 6) is 0.543. The van der Waals surface area contributed by atoms with E-state index in [0.29, 0.717) is 22.6 Å². The van der Waals surface area contributed by atoms with Crippen LogP contribution in [0.3, 0.4) is 0 Å². The Morgan fingerprint density at radius 3 is 2.81 bits per heavy atom. The molecule has 1 fully saturated rings. The second-order valence-electron chi connectivity index (χ2n) is 9.29. The van der Waals surface area contributed by atoms with E-state index in [-0.39, 0.29) is 45.9 Å². The van der Waals surface area contributed by atoms with Crippen molar-refractivity contribution in [3.63, 3.8) is 0 Å². The third-order valence-corrected chi connectivity index (χ3v) is 6.73. The van der Waals surface area contributed by atoms with Crippen molar-refractivity contribution in [1.29, 1.82) is 5.26 Å². The molecule has 1 unspecified atom stereocenters. The first-order chi connectivity index (χ1) is 17.4. The van der Waals surface area contributed by atoms with E-state index in [9.17, 15) is 10.1 Å². The number of benzene rings is 1. The number of hydrogen-bond acceptors (Lipinski definition) is 8. The second kappa shape index (κ2) is 8.26. The zero-order valence-electron chi connectivity index (χ0n) is 19.5. The minimum atomic E-state index is -0.391. The number of halogens is 1. The lowest BCUT2D eigenvalue weighted by Crippen LogP contribution is -2.25.